The Bertz CT molecular complexity index is 1810. The molecule has 0 saturated heterocycles. The highest BCUT2D eigenvalue weighted by Gasteiger charge is 2.40. The number of thioether (sulfide) groups is 2. The zero-order valence-corrected chi connectivity index (χ0v) is 28.0. The molecule has 0 aromatic heterocycles. The average molecular weight is 607 g/mol. The summed E-state index contributed by atoms with van der Waals surface area (Å²) < 4.78 is 0. The zero-order valence-electron chi connectivity index (χ0n) is 26.4. The summed E-state index contributed by atoms with van der Waals surface area (Å²) >= 11 is 4.09. The second kappa shape index (κ2) is 10.6. The molecule has 2 heteroatoms. The van der Waals surface area contributed by atoms with Crippen LogP contribution in [0.25, 0.3) is 22.3 Å². The van der Waals surface area contributed by atoms with Gasteiger partial charge in [0.05, 0.1) is 0 Å². The van der Waals surface area contributed by atoms with Gasteiger partial charge in [-0.15, -0.1) is 23.5 Å². The summed E-state index contributed by atoms with van der Waals surface area (Å²) in [6, 6.07) is 28.3. The van der Waals surface area contributed by atoms with Crippen LogP contribution in [0.5, 0.6) is 0 Å². The lowest BCUT2D eigenvalue weighted by Gasteiger charge is -2.19. The number of benzene rings is 4. The standard InChI is InChI=1S/C42H38S2/c1-23-9-7-10-24(2)37(23)39-31-17-15-29(35-19-13-27(5)43-35)21-33(31)42-40(38-25(3)11-8-12-26(38)4)32-18-16-30(22-34(32)41(39)42)36-20-14-28(6)44-36/h7-22,27-28,35-36H,1-6H3. The van der Waals surface area contributed by atoms with Crippen molar-refractivity contribution in [3.63, 3.8) is 0 Å². The second-order valence-electron chi connectivity index (χ2n) is 12.9. The van der Waals surface area contributed by atoms with Gasteiger partial charge in [0.2, 0.25) is 0 Å². The van der Waals surface area contributed by atoms with Gasteiger partial charge in [0, 0.05) is 21.0 Å². The van der Waals surface area contributed by atoms with E-state index in [2.05, 4.69) is 139 Å². The van der Waals surface area contributed by atoms with Crippen LogP contribution in [-0.4, -0.2) is 10.5 Å². The molecule has 4 atom stereocenters. The van der Waals surface area contributed by atoms with Crippen LogP contribution in [0, 0.1) is 27.7 Å². The van der Waals surface area contributed by atoms with Crippen LogP contribution in [0.4, 0.5) is 0 Å². The third-order valence-corrected chi connectivity index (χ3v) is 12.5. The highest BCUT2D eigenvalue weighted by molar-refractivity contribution is 8.00. The zero-order chi connectivity index (χ0) is 30.3. The molecule has 0 amide bonds. The summed E-state index contributed by atoms with van der Waals surface area (Å²) in [5.41, 5.74) is 22.1. The molecule has 8 rings (SSSR count). The van der Waals surface area contributed by atoms with Crippen molar-refractivity contribution in [1.29, 1.82) is 0 Å². The molecule has 4 aromatic carbocycles. The quantitative estimate of drug-likeness (QED) is 0.212. The predicted molar refractivity (Wildman–Crippen MR) is 194 cm³/mol. The Balaban J connectivity index is 1.47. The monoisotopic (exact) mass is 606 g/mol. The van der Waals surface area contributed by atoms with E-state index >= 15 is 0 Å². The molecular weight excluding hydrogens is 569 g/mol. The van der Waals surface area contributed by atoms with Crippen molar-refractivity contribution in [2.75, 3.05) is 0 Å². The van der Waals surface area contributed by atoms with Gasteiger partial charge >= 0.3 is 0 Å². The van der Waals surface area contributed by atoms with Gasteiger partial charge in [-0.1, -0.05) is 85.0 Å². The summed E-state index contributed by atoms with van der Waals surface area (Å²) in [6.45, 7) is 13.7. The minimum Gasteiger partial charge on any atom is -0.142 e. The van der Waals surface area contributed by atoms with Gasteiger partial charge in [-0.05, 0) is 143 Å². The van der Waals surface area contributed by atoms with Gasteiger partial charge in [0.1, 0.15) is 0 Å². The number of rotatable bonds is 4. The molecule has 2 aliphatic carbocycles. The highest BCUT2D eigenvalue weighted by atomic mass is 32.2. The first kappa shape index (κ1) is 28.0. The van der Waals surface area contributed by atoms with Gasteiger partial charge < -0.3 is 0 Å². The van der Waals surface area contributed by atoms with E-state index < -0.39 is 0 Å². The third-order valence-electron chi connectivity index (χ3n) is 9.87. The molecule has 218 valence electrons. The van der Waals surface area contributed by atoms with Gasteiger partial charge in [-0.3, -0.25) is 0 Å². The van der Waals surface area contributed by atoms with E-state index in [1.54, 1.807) is 0 Å². The number of allylic oxidation sites excluding steroid dienone is 2. The van der Waals surface area contributed by atoms with Crippen molar-refractivity contribution in [3.05, 3.63) is 164 Å². The normalized spacial score (nSPS) is 23.1. The Morgan fingerprint density at radius 1 is 0.432 bits per heavy atom. The fraction of sp³-hybridized carbons (Fsp3) is 0.238. The highest BCUT2D eigenvalue weighted by Crippen LogP contribution is 2.60. The van der Waals surface area contributed by atoms with Crippen molar-refractivity contribution in [3.8, 4) is 0 Å². The van der Waals surface area contributed by atoms with Crippen LogP contribution in [0.3, 0.4) is 0 Å². The summed E-state index contributed by atoms with van der Waals surface area (Å²) in [5, 5.41) is 1.90. The molecule has 44 heavy (non-hydrogen) atoms. The first-order valence-corrected chi connectivity index (χ1v) is 17.8. The minimum atomic E-state index is 0.399. The Kier molecular flexibility index (Phi) is 6.74. The van der Waals surface area contributed by atoms with Crippen molar-refractivity contribution in [1.82, 2.24) is 0 Å². The summed E-state index contributed by atoms with van der Waals surface area (Å²) in [5.74, 6) is 0. The predicted octanol–water partition coefficient (Wildman–Crippen LogP) is 11.6. The van der Waals surface area contributed by atoms with Crippen LogP contribution in [0.1, 0.15) is 91.1 Å². The van der Waals surface area contributed by atoms with E-state index in [1.165, 1.54) is 89.1 Å². The maximum absolute atomic E-state index is 2.53. The summed E-state index contributed by atoms with van der Waals surface area (Å²) in [7, 11) is 0. The lowest BCUT2D eigenvalue weighted by molar-refractivity contribution is 1.24. The van der Waals surface area contributed by atoms with E-state index in [-0.39, 0.29) is 0 Å². The third kappa shape index (κ3) is 4.29. The maximum atomic E-state index is 2.53. The van der Waals surface area contributed by atoms with E-state index in [9.17, 15) is 0 Å². The van der Waals surface area contributed by atoms with Crippen LogP contribution < -0.4 is 0 Å². The molecule has 2 heterocycles. The fourth-order valence-electron chi connectivity index (χ4n) is 7.86. The Labute approximate surface area is 271 Å². The molecule has 0 fully saturated rings. The molecule has 0 radical (unpaired) electrons. The van der Waals surface area contributed by atoms with Gasteiger partial charge in [-0.2, -0.15) is 0 Å². The Morgan fingerprint density at radius 3 is 1.16 bits per heavy atom. The van der Waals surface area contributed by atoms with Gasteiger partial charge in [-0.25, -0.2) is 0 Å². The molecule has 0 N–H and O–H groups in total. The van der Waals surface area contributed by atoms with E-state index in [0.29, 0.717) is 21.0 Å². The van der Waals surface area contributed by atoms with Crippen molar-refractivity contribution in [2.45, 2.75) is 62.5 Å². The average Bonchev–Trinajstić information content (AvgIpc) is 3.77. The number of fused-ring (bicyclic) bond motifs is 5. The lowest BCUT2D eigenvalue weighted by atomic mass is 9.86. The molecule has 2 aliphatic heterocycles. The van der Waals surface area contributed by atoms with Crippen molar-refractivity contribution < 1.29 is 0 Å². The fourth-order valence-corrected chi connectivity index (χ4v) is 10.1. The molecular formula is C42H38S2. The minimum absolute atomic E-state index is 0.399. The van der Waals surface area contributed by atoms with E-state index in [4.69, 9.17) is 0 Å². The van der Waals surface area contributed by atoms with Gasteiger partial charge in [0.25, 0.3) is 0 Å². The Morgan fingerprint density at radius 2 is 0.818 bits per heavy atom. The number of hydrogen-bond acceptors (Lipinski definition) is 2. The van der Waals surface area contributed by atoms with Crippen LogP contribution in [-0.2, 0) is 0 Å². The van der Waals surface area contributed by atoms with Crippen molar-refractivity contribution in [2.24, 2.45) is 0 Å². The topological polar surface area (TPSA) is 0 Å². The molecule has 0 saturated carbocycles. The summed E-state index contributed by atoms with van der Waals surface area (Å²) in [4.78, 5) is 0. The first-order valence-electron chi connectivity index (χ1n) is 15.9. The van der Waals surface area contributed by atoms with E-state index in [1.807, 2.05) is 23.5 Å². The second-order valence-corrected chi connectivity index (χ2v) is 16.0. The SMILES string of the molecule is Cc1cccc(C)c1C1=C2C(=C(c3c(C)cccc3C)c3ccc(C4C=CC(C)S4)cc32)c2cc(C3C=CC(C)S3)ccc21. The van der Waals surface area contributed by atoms with E-state index in [0.717, 1.165) is 0 Å². The number of hydrogen-bond donors (Lipinski definition) is 0. The molecule has 4 aromatic rings. The molecule has 4 unspecified atom stereocenters. The molecule has 0 nitrogen and oxygen atoms in total. The maximum Gasteiger partial charge on any atom is 0.0483 e. The molecule has 4 aliphatic rings. The smallest absolute Gasteiger partial charge is 0.0483 e. The van der Waals surface area contributed by atoms with Crippen LogP contribution in [0.2, 0.25) is 0 Å². The first-order chi connectivity index (χ1) is 21.3. The number of aryl methyl sites for hydroxylation is 4. The largest absolute Gasteiger partial charge is 0.142 e. The molecule has 0 spiro atoms. The summed E-state index contributed by atoms with van der Waals surface area (Å²) in [6.07, 6.45) is 9.52. The lowest BCUT2D eigenvalue weighted by Crippen LogP contribution is -2.00. The molecule has 0 bridgehead atoms. The van der Waals surface area contributed by atoms with Crippen molar-refractivity contribution >= 4 is 45.8 Å². The van der Waals surface area contributed by atoms with Gasteiger partial charge in [0.15, 0.2) is 0 Å². The Hall–Kier alpha value is -3.46. The van der Waals surface area contributed by atoms with Crippen LogP contribution >= 0.6 is 23.5 Å². The van der Waals surface area contributed by atoms with Crippen LogP contribution in [0.15, 0.2) is 97.1 Å².